The van der Waals surface area contributed by atoms with Crippen molar-refractivity contribution in [2.24, 2.45) is 7.05 Å². The number of alkyl halides is 3. The average Bonchev–Trinajstić information content (AvgIpc) is 2.82. The molecule has 2 aromatic rings. The van der Waals surface area contributed by atoms with Gasteiger partial charge in [-0.3, -0.25) is 4.79 Å². The van der Waals surface area contributed by atoms with Crippen molar-refractivity contribution in [2.45, 2.75) is 6.36 Å². The number of aryl methyl sites for hydroxylation is 1. The summed E-state index contributed by atoms with van der Waals surface area (Å²) in [5.41, 5.74) is 0.493. The molecule has 1 aromatic carbocycles. The fourth-order valence-corrected chi connectivity index (χ4v) is 1.71. The van der Waals surface area contributed by atoms with Gasteiger partial charge in [0.05, 0.1) is 5.69 Å². The highest BCUT2D eigenvalue weighted by Gasteiger charge is 2.30. The van der Waals surface area contributed by atoms with Crippen LogP contribution >= 0.6 is 0 Å². The quantitative estimate of drug-likeness (QED) is 0.796. The number of halogens is 3. The first-order valence-electron chi connectivity index (χ1n) is 5.98. The molecule has 7 heteroatoms. The minimum Gasteiger partial charge on any atom is -0.485 e. The number of hydrogen-bond donors (Lipinski definition) is 0. The molecule has 0 aliphatic rings. The van der Waals surface area contributed by atoms with Gasteiger partial charge in [-0.15, -0.1) is 13.2 Å². The van der Waals surface area contributed by atoms with Crippen LogP contribution in [0.2, 0.25) is 0 Å². The van der Waals surface area contributed by atoms with E-state index in [1.807, 2.05) is 0 Å². The first-order valence-corrected chi connectivity index (χ1v) is 5.98. The Balaban J connectivity index is 1.92. The Hall–Kier alpha value is -2.44. The van der Waals surface area contributed by atoms with Crippen LogP contribution in [0.3, 0.4) is 0 Å². The predicted molar refractivity (Wildman–Crippen MR) is 68.4 cm³/mol. The lowest BCUT2D eigenvalue weighted by molar-refractivity contribution is -0.274. The largest absolute Gasteiger partial charge is 0.573 e. The van der Waals surface area contributed by atoms with Gasteiger partial charge in [0.25, 0.3) is 0 Å². The fraction of sp³-hybridized carbons (Fsp3) is 0.214. The maximum atomic E-state index is 12.0. The molecule has 0 saturated carbocycles. The number of hydrogen-bond acceptors (Lipinski definition) is 3. The molecule has 21 heavy (non-hydrogen) atoms. The number of aromatic nitrogens is 1. The second-order valence-electron chi connectivity index (χ2n) is 4.24. The van der Waals surface area contributed by atoms with Gasteiger partial charge in [0, 0.05) is 13.2 Å². The van der Waals surface area contributed by atoms with E-state index in [1.54, 1.807) is 29.9 Å². The molecule has 1 heterocycles. The van der Waals surface area contributed by atoms with Crippen molar-refractivity contribution in [3.05, 3.63) is 48.3 Å². The molecule has 0 aliphatic heterocycles. The fourth-order valence-electron chi connectivity index (χ4n) is 1.71. The van der Waals surface area contributed by atoms with E-state index in [9.17, 15) is 18.0 Å². The molecule has 0 spiro atoms. The number of rotatable bonds is 5. The van der Waals surface area contributed by atoms with Gasteiger partial charge < -0.3 is 14.0 Å². The van der Waals surface area contributed by atoms with E-state index in [0.717, 1.165) is 12.1 Å². The second kappa shape index (κ2) is 5.90. The summed E-state index contributed by atoms with van der Waals surface area (Å²) >= 11 is 0. The number of nitrogens with zero attached hydrogens (tertiary/aromatic N) is 1. The lowest BCUT2D eigenvalue weighted by atomic mass is 10.3. The Kier molecular flexibility index (Phi) is 4.21. The number of carbonyl (C=O) groups is 1. The van der Waals surface area contributed by atoms with Crippen molar-refractivity contribution >= 4 is 5.78 Å². The summed E-state index contributed by atoms with van der Waals surface area (Å²) in [6.45, 7) is -0.197. The first-order chi connectivity index (χ1) is 9.85. The third-order valence-corrected chi connectivity index (χ3v) is 2.66. The number of ketones is 1. The Bertz CT molecular complexity index is 617. The Morgan fingerprint density at radius 1 is 1.14 bits per heavy atom. The third-order valence-electron chi connectivity index (χ3n) is 2.66. The van der Waals surface area contributed by atoms with Crippen LogP contribution < -0.4 is 9.47 Å². The maximum Gasteiger partial charge on any atom is 0.573 e. The zero-order chi connectivity index (χ0) is 15.5. The summed E-state index contributed by atoms with van der Waals surface area (Å²) in [6, 6.07) is 8.24. The lowest BCUT2D eigenvalue weighted by Crippen LogP contribution is -2.17. The highest BCUT2D eigenvalue weighted by atomic mass is 19.4. The predicted octanol–water partition coefficient (Wildman–Crippen LogP) is 3.19. The zero-order valence-corrected chi connectivity index (χ0v) is 11.1. The normalized spacial score (nSPS) is 11.2. The minimum absolute atomic E-state index is 0.197. The van der Waals surface area contributed by atoms with E-state index in [2.05, 4.69) is 4.74 Å². The van der Waals surface area contributed by atoms with Crippen LogP contribution in [0, 0.1) is 0 Å². The van der Waals surface area contributed by atoms with Gasteiger partial charge in [0.15, 0.2) is 6.61 Å². The maximum absolute atomic E-state index is 12.0. The van der Waals surface area contributed by atoms with Crippen LogP contribution in [0.4, 0.5) is 13.2 Å². The highest BCUT2D eigenvalue weighted by Crippen LogP contribution is 2.24. The summed E-state index contributed by atoms with van der Waals surface area (Å²) in [5, 5.41) is 0. The van der Waals surface area contributed by atoms with Crippen molar-refractivity contribution in [1.82, 2.24) is 4.57 Å². The SMILES string of the molecule is Cn1cccc1C(=O)COc1ccc(OC(F)(F)F)cc1. The minimum atomic E-state index is -4.73. The lowest BCUT2D eigenvalue weighted by Gasteiger charge is -2.10. The summed E-state index contributed by atoms with van der Waals surface area (Å²) < 4.78 is 46.6. The number of benzene rings is 1. The number of carbonyl (C=O) groups excluding carboxylic acids is 1. The highest BCUT2D eigenvalue weighted by molar-refractivity contribution is 5.95. The average molecular weight is 299 g/mol. The summed E-state index contributed by atoms with van der Waals surface area (Å²) in [5.74, 6) is -0.284. The Labute approximate surface area is 118 Å². The van der Waals surface area contributed by atoms with Gasteiger partial charge in [-0.1, -0.05) is 0 Å². The molecule has 0 radical (unpaired) electrons. The van der Waals surface area contributed by atoms with Crippen molar-refractivity contribution in [2.75, 3.05) is 6.61 Å². The zero-order valence-electron chi connectivity index (χ0n) is 11.1. The Morgan fingerprint density at radius 3 is 2.29 bits per heavy atom. The van der Waals surface area contributed by atoms with E-state index in [1.165, 1.54) is 12.1 Å². The third kappa shape index (κ3) is 4.27. The molecular weight excluding hydrogens is 287 g/mol. The van der Waals surface area contributed by atoms with Crippen LogP contribution in [-0.4, -0.2) is 23.3 Å². The molecule has 4 nitrogen and oxygen atoms in total. The van der Waals surface area contributed by atoms with E-state index in [4.69, 9.17) is 4.74 Å². The second-order valence-corrected chi connectivity index (χ2v) is 4.24. The molecule has 0 unspecified atom stereocenters. The molecule has 0 atom stereocenters. The molecule has 0 fully saturated rings. The number of Topliss-reactive ketones (excluding diaryl/α,β-unsaturated/α-hetero) is 1. The molecule has 0 aliphatic carbocycles. The molecule has 1 aromatic heterocycles. The Morgan fingerprint density at radius 2 is 1.76 bits per heavy atom. The molecule has 0 N–H and O–H groups in total. The van der Waals surface area contributed by atoms with Crippen LogP contribution in [0.15, 0.2) is 42.6 Å². The van der Waals surface area contributed by atoms with Crippen LogP contribution in [0.1, 0.15) is 10.5 Å². The molecular formula is C14H12F3NO3. The van der Waals surface area contributed by atoms with Gasteiger partial charge in [0.1, 0.15) is 11.5 Å². The van der Waals surface area contributed by atoms with E-state index in [-0.39, 0.29) is 23.9 Å². The van der Waals surface area contributed by atoms with E-state index in [0.29, 0.717) is 5.69 Å². The van der Waals surface area contributed by atoms with Crippen molar-refractivity contribution in [1.29, 1.82) is 0 Å². The van der Waals surface area contributed by atoms with Crippen molar-refractivity contribution in [3.8, 4) is 11.5 Å². The summed E-state index contributed by atoms with van der Waals surface area (Å²) in [4.78, 5) is 11.8. The summed E-state index contributed by atoms with van der Waals surface area (Å²) in [6.07, 6.45) is -3.00. The van der Waals surface area contributed by atoms with Crippen LogP contribution in [0.5, 0.6) is 11.5 Å². The molecule has 2 rings (SSSR count). The van der Waals surface area contributed by atoms with Gasteiger partial charge >= 0.3 is 6.36 Å². The molecule has 0 amide bonds. The summed E-state index contributed by atoms with van der Waals surface area (Å²) in [7, 11) is 1.73. The van der Waals surface area contributed by atoms with Gasteiger partial charge in [-0.05, 0) is 36.4 Å². The van der Waals surface area contributed by atoms with Gasteiger partial charge in [0.2, 0.25) is 5.78 Å². The van der Waals surface area contributed by atoms with Crippen LogP contribution in [0.25, 0.3) is 0 Å². The standard InChI is InChI=1S/C14H12F3NO3/c1-18-8-2-3-12(18)13(19)9-20-10-4-6-11(7-5-10)21-14(15,16)17/h2-8H,9H2,1H3. The van der Waals surface area contributed by atoms with Gasteiger partial charge in [-0.25, -0.2) is 0 Å². The van der Waals surface area contributed by atoms with Gasteiger partial charge in [-0.2, -0.15) is 0 Å². The smallest absolute Gasteiger partial charge is 0.485 e. The van der Waals surface area contributed by atoms with Crippen LogP contribution in [-0.2, 0) is 7.05 Å². The topological polar surface area (TPSA) is 40.5 Å². The van der Waals surface area contributed by atoms with Crippen molar-refractivity contribution in [3.63, 3.8) is 0 Å². The number of ether oxygens (including phenoxy) is 2. The first kappa shape index (κ1) is 15.0. The van der Waals surface area contributed by atoms with E-state index < -0.39 is 6.36 Å². The van der Waals surface area contributed by atoms with E-state index >= 15 is 0 Å². The molecule has 0 saturated heterocycles. The van der Waals surface area contributed by atoms with Crippen molar-refractivity contribution < 1.29 is 27.4 Å². The monoisotopic (exact) mass is 299 g/mol. The molecule has 112 valence electrons. The molecule has 0 bridgehead atoms.